The second-order valence-corrected chi connectivity index (χ2v) is 8.14. The van der Waals surface area contributed by atoms with Gasteiger partial charge in [-0.05, 0) is 82.3 Å². The highest BCUT2D eigenvalue weighted by atomic mass is 35.5. The molecule has 0 aliphatic rings. The van der Waals surface area contributed by atoms with E-state index in [4.69, 9.17) is 42.3 Å². The molecule has 0 aliphatic carbocycles. The molecule has 0 saturated carbocycles. The largest absolute Gasteiger partial charge is 0.489 e. The van der Waals surface area contributed by atoms with Gasteiger partial charge in [0.25, 0.3) is 0 Å². The normalized spacial score (nSPS) is 12.3. The van der Waals surface area contributed by atoms with Crippen molar-refractivity contribution in [3.8, 4) is 23.0 Å². The van der Waals surface area contributed by atoms with Gasteiger partial charge in [0.15, 0.2) is 0 Å². The lowest BCUT2D eigenvalue weighted by Gasteiger charge is -2.16. The first-order chi connectivity index (χ1) is 13.7. The maximum absolute atomic E-state index is 5.83. The molecule has 0 fully saturated rings. The predicted molar refractivity (Wildman–Crippen MR) is 118 cm³/mol. The standard InChI is InChI=1S/C22H25Cl2NO4/c1-16(15-25-29-22(2,3)4)27-18-9-11-20(12-10-18)28-19-7-5-17(6-8-19)26-14-13-21(23)24/h5-13,15-16H,14H2,1-4H3. The first-order valence-corrected chi connectivity index (χ1v) is 9.87. The van der Waals surface area contributed by atoms with Crippen molar-refractivity contribution in [2.24, 2.45) is 5.16 Å². The number of ether oxygens (including phenoxy) is 3. The summed E-state index contributed by atoms with van der Waals surface area (Å²) in [5.41, 5.74) is -0.325. The van der Waals surface area contributed by atoms with Gasteiger partial charge in [0, 0.05) is 0 Å². The van der Waals surface area contributed by atoms with Gasteiger partial charge in [-0.2, -0.15) is 0 Å². The molecule has 0 heterocycles. The lowest BCUT2D eigenvalue weighted by atomic mass is 10.2. The lowest BCUT2D eigenvalue weighted by molar-refractivity contribution is 0.000710. The van der Waals surface area contributed by atoms with Crippen molar-refractivity contribution < 1.29 is 19.0 Å². The van der Waals surface area contributed by atoms with Crippen LogP contribution in [-0.2, 0) is 4.84 Å². The zero-order valence-corrected chi connectivity index (χ0v) is 18.4. The molecule has 0 N–H and O–H groups in total. The number of benzene rings is 2. The van der Waals surface area contributed by atoms with Crippen LogP contribution >= 0.6 is 23.2 Å². The number of hydrogen-bond acceptors (Lipinski definition) is 5. The summed E-state index contributed by atoms with van der Waals surface area (Å²) < 4.78 is 17.3. The molecule has 5 nitrogen and oxygen atoms in total. The van der Waals surface area contributed by atoms with E-state index in [0.717, 1.165) is 0 Å². The highest BCUT2D eigenvalue weighted by Crippen LogP contribution is 2.26. The molecule has 0 aromatic heterocycles. The first kappa shape index (κ1) is 22.9. The molecule has 1 unspecified atom stereocenters. The molecule has 0 saturated heterocycles. The number of hydrogen-bond donors (Lipinski definition) is 0. The molecular weight excluding hydrogens is 413 g/mol. The Morgan fingerprint density at radius 3 is 1.97 bits per heavy atom. The topological polar surface area (TPSA) is 49.3 Å². The summed E-state index contributed by atoms with van der Waals surface area (Å²) in [5, 5.41) is 3.95. The Kier molecular flexibility index (Phi) is 8.68. The van der Waals surface area contributed by atoms with Crippen LogP contribution in [0.1, 0.15) is 27.7 Å². The number of oxime groups is 1. The molecule has 0 spiro atoms. The van der Waals surface area contributed by atoms with Gasteiger partial charge in [-0.1, -0.05) is 28.4 Å². The fraction of sp³-hybridized carbons (Fsp3) is 0.318. The Balaban J connectivity index is 1.84. The van der Waals surface area contributed by atoms with E-state index in [1.807, 2.05) is 76.2 Å². The second kappa shape index (κ2) is 11.0. The van der Waals surface area contributed by atoms with Gasteiger partial charge >= 0.3 is 0 Å². The van der Waals surface area contributed by atoms with Gasteiger partial charge < -0.3 is 19.0 Å². The van der Waals surface area contributed by atoms with E-state index < -0.39 is 0 Å². The quantitative estimate of drug-likeness (QED) is 0.321. The van der Waals surface area contributed by atoms with Crippen molar-refractivity contribution in [1.29, 1.82) is 0 Å². The van der Waals surface area contributed by atoms with Gasteiger partial charge in [0.2, 0.25) is 0 Å². The molecule has 156 valence electrons. The van der Waals surface area contributed by atoms with Crippen LogP contribution in [0.3, 0.4) is 0 Å². The number of halogens is 2. The molecule has 0 bridgehead atoms. The van der Waals surface area contributed by atoms with Gasteiger partial charge in [0.05, 0.1) is 6.21 Å². The third kappa shape index (κ3) is 9.59. The monoisotopic (exact) mass is 437 g/mol. The van der Waals surface area contributed by atoms with Crippen LogP contribution in [0.4, 0.5) is 0 Å². The summed E-state index contributed by atoms with van der Waals surface area (Å²) in [7, 11) is 0. The maximum Gasteiger partial charge on any atom is 0.134 e. The maximum atomic E-state index is 5.83. The van der Waals surface area contributed by atoms with Crippen LogP contribution in [0.5, 0.6) is 23.0 Å². The zero-order chi connectivity index (χ0) is 21.3. The van der Waals surface area contributed by atoms with Crippen LogP contribution in [0, 0.1) is 0 Å². The van der Waals surface area contributed by atoms with Crippen molar-refractivity contribution in [2.75, 3.05) is 6.61 Å². The number of nitrogens with zero attached hydrogens (tertiary/aromatic N) is 1. The Labute approximate surface area is 181 Å². The van der Waals surface area contributed by atoms with E-state index in [1.165, 1.54) is 0 Å². The highest BCUT2D eigenvalue weighted by molar-refractivity contribution is 6.55. The van der Waals surface area contributed by atoms with Crippen molar-refractivity contribution in [3.63, 3.8) is 0 Å². The van der Waals surface area contributed by atoms with Crippen LogP contribution in [0.25, 0.3) is 0 Å². The van der Waals surface area contributed by atoms with E-state index >= 15 is 0 Å². The summed E-state index contributed by atoms with van der Waals surface area (Å²) >= 11 is 11.1. The van der Waals surface area contributed by atoms with Crippen LogP contribution in [0.2, 0.25) is 0 Å². The average molecular weight is 438 g/mol. The smallest absolute Gasteiger partial charge is 0.134 e. The predicted octanol–water partition coefficient (Wildman–Crippen LogP) is 6.74. The first-order valence-electron chi connectivity index (χ1n) is 9.11. The number of rotatable bonds is 9. The summed E-state index contributed by atoms with van der Waals surface area (Å²) in [6, 6.07) is 14.6. The zero-order valence-electron chi connectivity index (χ0n) is 16.9. The molecule has 0 aliphatic heterocycles. The van der Waals surface area contributed by atoms with Crippen LogP contribution in [-0.4, -0.2) is 24.5 Å². The minimum Gasteiger partial charge on any atom is -0.489 e. The van der Waals surface area contributed by atoms with E-state index in [2.05, 4.69) is 5.16 Å². The molecule has 29 heavy (non-hydrogen) atoms. The Morgan fingerprint density at radius 2 is 1.45 bits per heavy atom. The summed E-state index contributed by atoms with van der Waals surface area (Å²) in [6.45, 7) is 7.99. The third-order valence-electron chi connectivity index (χ3n) is 3.29. The Bertz CT molecular complexity index is 808. The fourth-order valence-corrected chi connectivity index (χ4v) is 2.17. The lowest BCUT2D eigenvalue weighted by Crippen LogP contribution is -2.18. The van der Waals surface area contributed by atoms with E-state index in [9.17, 15) is 0 Å². The minimum absolute atomic E-state index is 0.178. The fourth-order valence-electron chi connectivity index (χ4n) is 2.05. The van der Waals surface area contributed by atoms with Crippen molar-refractivity contribution >= 4 is 29.4 Å². The summed E-state index contributed by atoms with van der Waals surface area (Å²) in [6.07, 6.45) is 2.97. The third-order valence-corrected chi connectivity index (χ3v) is 3.60. The highest BCUT2D eigenvalue weighted by Gasteiger charge is 2.10. The van der Waals surface area contributed by atoms with Crippen LogP contribution in [0.15, 0.2) is 64.3 Å². The van der Waals surface area contributed by atoms with Crippen molar-refractivity contribution in [3.05, 3.63) is 59.1 Å². The molecule has 2 aromatic carbocycles. The van der Waals surface area contributed by atoms with Crippen molar-refractivity contribution in [1.82, 2.24) is 0 Å². The van der Waals surface area contributed by atoms with Gasteiger partial charge in [0.1, 0.15) is 45.8 Å². The molecular formula is C22H25Cl2NO4. The van der Waals surface area contributed by atoms with Gasteiger partial charge in [-0.3, -0.25) is 0 Å². The molecule has 0 radical (unpaired) electrons. The van der Waals surface area contributed by atoms with Gasteiger partial charge in [-0.15, -0.1) is 0 Å². The van der Waals surface area contributed by atoms with Gasteiger partial charge in [-0.25, -0.2) is 0 Å². The Hall–Kier alpha value is -2.37. The van der Waals surface area contributed by atoms with Crippen LogP contribution < -0.4 is 14.2 Å². The molecule has 2 rings (SSSR count). The van der Waals surface area contributed by atoms with E-state index in [1.54, 1.807) is 12.3 Å². The summed E-state index contributed by atoms with van der Waals surface area (Å²) in [4.78, 5) is 5.31. The molecule has 2 aromatic rings. The van der Waals surface area contributed by atoms with Crippen molar-refractivity contribution in [2.45, 2.75) is 39.4 Å². The average Bonchev–Trinajstić information content (AvgIpc) is 2.63. The molecule has 7 heteroatoms. The van der Waals surface area contributed by atoms with E-state index in [0.29, 0.717) is 29.6 Å². The molecule has 1 atom stereocenters. The Morgan fingerprint density at radius 1 is 0.931 bits per heavy atom. The minimum atomic E-state index is -0.325. The summed E-state index contributed by atoms with van der Waals surface area (Å²) in [5.74, 6) is 2.79. The van der Waals surface area contributed by atoms with E-state index in [-0.39, 0.29) is 16.2 Å². The second-order valence-electron chi connectivity index (χ2n) is 7.13. The molecule has 0 amide bonds. The SMILES string of the molecule is CC(C=NOC(C)(C)C)Oc1ccc(Oc2ccc(OCC=C(Cl)Cl)cc2)cc1.